The number of H-pyrrole nitrogens is 1. The highest BCUT2D eigenvalue weighted by molar-refractivity contribution is 8.00. The van der Waals surface area contributed by atoms with Crippen LogP contribution in [-0.4, -0.2) is 18.4 Å². The summed E-state index contributed by atoms with van der Waals surface area (Å²) in [5, 5.41) is 1.91. The maximum Gasteiger partial charge on any atom is 0.210 e. The van der Waals surface area contributed by atoms with Crippen molar-refractivity contribution in [3.8, 4) is 0 Å². The second-order valence-corrected chi connectivity index (χ2v) is 8.34. The normalized spacial score (nSPS) is 12.6. The first-order chi connectivity index (χ1) is 12.1. The fraction of sp³-hybridized carbons (Fsp3) is 0. The van der Waals surface area contributed by atoms with Crippen molar-refractivity contribution in [2.45, 2.75) is 4.90 Å². The lowest BCUT2D eigenvalue weighted by Crippen LogP contribution is -2.05. The van der Waals surface area contributed by atoms with Crippen molar-refractivity contribution in [1.29, 1.82) is 0 Å². The predicted molar refractivity (Wildman–Crippen MR) is 102 cm³/mol. The van der Waals surface area contributed by atoms with E-state index >= 15 is 0 Å². The van der Waals surface area contributed by atoms with Gasteiger partial charge in [-0.2, -0.15) is 0 Å². The number of rotatable bonds is 4. The number of para-hydroxylation sites is 2. The Labute approximate surface area is 149 Å². The highest BCUT2D eigenvalue weighted by Crippen LogP contribution is 2.30. The van der Waals surface area contributed by atoms with Gasteiger partial charge in [0.25, 0.3) is 0 Å². The predicted octanol–water partition coefficient (Wildman–Crippen LogP) is 4.60. The van der Waals surface area contributed by atoms with Gasteiger partial charge in [0.2, 0.25) is 9.84 Å². The lowest BCUT2D eigenvalue weighted by Gasteiger charge is -2.07. The fourth-order valence-corrected chi connectivity index (χ4v) is 4.71. The number of aromatic amines is 1. The third kappa shape index (κ3) is 3.01. The largest absolute Gasteiger partial charge is 0.337 e. The number of nitrogens with zero attached hydrogens (tertiary/aromatic N) is 1. The zero-order valence-electron chi connectivity index (χ0n) is 13.1. The zero-order valence-corrected chi connectivity index (χ0v) is 14.7. The summed E-state index contributed by atoms with van der Waals surface area (Å²) in [4.78, 5) is 8.89. The molecule has 0 radical (unpaired) electrons. The molecule has 1 N–H and O–H groups in total. The first-order valence-corrected chi connectivity index (χ1v) is 10.0. The van der Waals surface area contributed by atoms with Gasteiger partial charge in [0.15, 0.2) is 0 Å². The van der Waals surface area contributed by atoms with Crippen molar-refractivity contribution in [3.05, 3.63) is 82.8 Å². The zero-order chi connectivity index (χ0) is 17.3. The molecule has 0 aliphatic heterocycles. The van der Waals surface area contributed by atoms with Crippen molar-refractivity contribution in [2.24, 2.45) is 0 Å². The summed E-state index contributed by atoms with van der Waals surface area (Å²) >= 11 is 1.48. The van der Waals surface area contributed by atoms with Crippen molar-refractivity contribution >= 4 is 43.2 Å². The molecule has 0 aliphatic rings. The maximum absolute atomic E-state index is 13.2. The first-order valence-electron chi connectivity index (χ1n) is 7.65. The average Bonchev–Trinajstić information content (AvgIpc) is 3.29. The van der Waals surface area contributed by atoms with Gasteiger partial charge in [0.05, 0.1) is 15.9 Å². The number of nitrogens with one attached hydrogen (secondary N) is 1. The molecule has 0 unspecified atom stereocenters. The lowest BCUT2D eigenvalue weighted by molar-refractivity contribution is 0.606. The smallest absolute Gasteiger partial charge is 0.210 e. The van der Waals surface area contributed by atoms with Crippen LogP contribution < -0.4 is 0 Å². The number of sulfone groups is 1. The van der Waals surface area contributed by atoms with Gasteiger partial charge < -0.3 is 4.98 Å². The van der Waals surface area contributed by atoms with Crippen molar-refractivity contribution < 1.29 is 8.42 Å². The lowest BCUT2D eigenvalue weighted by atomic mass is 10.3. The first kappa shape index (κ1) is 15.8. The van der Waals surface area contributed by atoms with E-state index in [1.54, 1.807) is 36.4 Å². The Bertz CT molecular complexity index is 1110. The molecule has 0 aliphatic carbocycles. The molecular formula is C19H14N2O2S2. The molecule has 0 saturated heterocycles. The van der Waals surface area contributed by atoms with E-state index in [9.17, 15) is 8.42 Å². The third-order valence-corrected chi connectivity index (χ3v) is 6.38. The van der Waals surface area contributed by atoms with Crippen LogP contribution in [0.4, 0.5) is 0 Å². The van der Waals surface area contributed by atoms with E-state index in [0.717, 1.165) is 15.9 Å². The summed E-state index contributed by atoms with van der Waals surface area (Å²) in [6.45, 7) is 0. The average molecular weight is 366 g/mol. The van der Waals surface area contributed by atoms with Gasteiger partial charge in [-0.05, 0) is 41.8 Å². The van der Waals surface area contributed by atoms with Crippen LogP contribution in [0.2, 0.25) is 0 Å². The minimum atomic E-state index is -3.70. The summed E-state index contributed by atoms with van der Waals surface area (Å²) in [6, 6.07) is 19.7. The standard InChI is InChI=1S/C19H14N2O2S2/c22-25(23,15-8-2-1-3-9-15)18(13-14-7-6-12-24-14)19-20-16-10-4-5-11-17(16)21-19/h1-13H,(H,20,21). The van der Waals surface area contributed by atoms with Crippen LogP contribution in [0, 0.1) is 0 Å². The van der Waals surface area contributed by atoms with Gasteiger partial charge in [-0.3, -0.25) is 0 Å². The third-order valence-electron chi connectivity index (χ3n) is 3.78. The van der Waals surface area contributed by atoms with Gasteiger partial charge in [0.1, 0.15) is 10.7 Å². The molecule has 0 atom stereocenters. The van der Waals surface area contributed by atoms with E-state index in [1.165, 1.54) is 11.3 Å². The topological polar surface area (TPSA) is 62.8 Å². The molecular weight excluding hydrogens is 352 g/mol. The van der Waals surface area contributed by atoms with Gasteiger partial charge in [-0.1, -0.05) is 36.4 Å². The van der Waals surface area contributed by atoms with E-state index in [-0.39, 0.29) is 9.80 Å². The van der Waals surface area contributed by atoms with Gasteiger partial charge in [-0.25, -0.2) is 13.4 Å². The Morgan fingerprint density at radius 3 is 2.44 bits per heavy atom. The number of benzene rings is 2. The Hall–Kier alpha value is -2.70. The van der Waals surface area contributed by atoms with Gasteiger partial charge in [-0.15, -0.1) is 11.3 Å². The molecule has 4 aromatic rings. The summed E-state index contributed by atoms with van der Waals surface area (Å²) in [5.74, 6) is 0.346. The fourth-order valence-electron chi connectivity index (χ4n) is 2.57. The van der Waals surface area contributed by atoms with Crippen molar-refractivity contribution in [2.75, 3.05) is 0 Å². The summed E-state index contributed by atoms with van der Waals surface area (Å²) in [6.07, 6.45) is 1.67. The van der Waals surface area contributed by atoms with Crippen LogP contribution >= 0.6 is 11.3 Å². The van der Waals surface area contributed by atoms with Crippen LogP contribution in [0.15, 0.2) is 77.0 Å². The number of hydrogen-bond acceptors (Lipinski definition) is 4. The minimum absolute atomic E-state index is 0.164. The number of imidazole rings is 1. The Morgan fingerprint density at radius 1 is 0.960 bits per heavy atom. The Morgan fingerprint density at radius 2 is 1.72 bits per heavy atom. The number of aromatic nitrogens is 2. The number of hydrogen-bond donors (Lipinski definition) is 1. The molecule has 6 heteroatoms. The van der Waals surface area contributed by atoms with E-state index in [2.05, 4.69) is 9.97 Å². The molecule has 0 spiro atoms. The van der Waals surface area contributed by atoms with Crippen molar-refractivity contribution in [3.63, 3.8) is 0 Å². The molecule has 0 bridgehead atoms. The molecule has 2 aromatic heterocycles. The van der Waals surface area contributed by atoms with Crippen LogP contribution in [0.1, 0.15) is 10.7 Å². The van der Waals surface area contributed by atoms with E-state index < -0.39 is 9.84 Å². The number of thiophene rings is 1. The molecule has 0 amide bonds. The Balaban J connectivity index is 1.94. The molecule has 4 nitrogen and oxygen atoms in total. The molecule has 2 aromatic carbocycles. The highest BCUT2D eigenvalue weighted by atomic mass is 32.2. The van der Waals surface area contributed by atoms with Crippen LogP contribution in [0.3, 0.4) is 0 Å². The minimum Gasteiger partial charge on any atom is -0.337 e. The molecule has 124 valence electrons. The molecule has 2 heterocycles. The summed E-state index contributed by atoms with van der Waals surface area (Å²) in [7, 11) is -3.70. The maximum atomic E-state index is 13.2. The molecule has 4 rings (SSSR count). The SMILES string of the molecule is O=S(=O)(C(=Cc1cccs1)c1nc2ccccc2[nH]1)c1ccccc1. The van der Waals surface area contributed by atoms with Gasteiger partial charge in [0, 0.05) is 4.88 Å². The number of fused-ring (bicyclic) bond motifs is 1. The Kier molecular flexibility index (Phi) is 3.99. The summed E-state index contributed by atoms with van der Waals surface area (Å²) in [5.41, 5.74) is 1.54. The molecule has 0 fully saturated rings. The van der Waals surface area contributed by atoms with Gasteiger partial charge >= 0.3 is 0 Å². The quantitative estimate of drug-likeness (QED) is 0.574. The van der Waals surface area contributed by atoms with Crippen molar-refractivity contribution in [1.82, 2.24) is 9.97 Å². The van der Waals surface area contributed by atoms with E-state index in [0.29, 0.717) is 5.82 Å². The molecule has 0 saturated carbocycles. The highest BCUT2D eigenvalue weighted by Gasteiger charge is 2.25. The van der Waals surface area contributed by atoms with E-state index in [4.69, 9.17) is 0 Å². The van der Waals surface area contributed by atoms with Crippen LogP contribution in [0.25, 0.3) is 22.0 Å². The second-order valence-electron chi connectivity index (χ2n) is 5.44. The second kappa shape index (κ2) is 6.31. The molecule has 25 heavy (non-hydrogen) atoms. The van der Waals surface area contributed by atoms with E-state index in [1.807, 2.05) is 41.8 Å². The van der Waals surface area contributed by atoms with Crippen LogP contribution in [0.5, 0.6) is 0 Å². The summed E-state index contributed by atoms with van der Waals surface area (Å²) < 4.78 is 26.4. The van der Waals surface area contributed by atoms with Crippen LogP contribution in [-0.2, 0) is 9.84 Å². The monoisotopic (exact) mass is 366 g/mol.